The summed E-state index contributed by atoms with van der Waals surface area (Å²) in [7, 11) is 1.87. The lowest BCUT2D eigenvalue weighted by Gasteiger charge is -2.35. The van der Waals surface area contributed by atoms with Crippen LogP contribution in [0.4, 0.5) is 5.69 Å². The fourth-order valence-electron chi connectivity index (χ4n) is 1.64. The third-order valence-electron chi connectivity index (χ3n) is 3.59. The van der Waals surface area contributed by atoms with E-state index in [-0.39, 0.29) is 11.4 Å². The first-order valence-electron chi connectivity index (χ1n) is 6.54. The Morgan fingerprint density at radius 1 is 1.22 bits per heavy atom. The molecule has 0 unspecified atom stereocenters. The van der Waals surface area contributed by atoms with Crippen LogP contribution >= 0.6 is 0 Å². The summed E-state index contributed by atoms with van der Waals surface area (Å²) in [6.45, 7) is 9.19. The molecule has 0 saturated heterocycles. The number of nitrogens with one attached hydrogen (secondary N) is 1. The van der Waals surface area contributed by atoms with Crippen LogP contribution in [0.2, 0.25) is 0 Å². The number of anilines is 1. The number of carbonyl (C=O) groups excluding carboxylic acids is 1. The maximum Gasteiger partial charge on any atom is 0.254 e. The highest BCUT2D eigenvalue weighted by Gasteiger charge is 2.26. The lowest BCUT2D eigenvalue weighted by molar-refractivity contribution is 0.0620. The van der Waals surface area contributed by atoms with E-state index in [0.717, 1.165) is 24.2 Å². The SMILES string of the molecule is CCNc1ccc(C(=O)N(C)C(C)(C)CC)cc1. The minimum absolute atomic E-state index is 0.0740. The normalized spacial score (nSPS) is 11.2. The van der Waals surface area contributed by atoms with Gasteiger partial charge in [0.15, 0.2) is 0 Å². The van der Waals surface area contributed by atoms with Gasteiger partial charge in [0.1, 0.15) is 0 Å². The van der Waals surface area contributed by atoms with Crippen LogP contribution < -0.4 is 5.32 Å². The van der Waals surface area contributed by atoms with Crippen molar-refractivity contribution in [1.29, 1.82) is 0 Å². The number of rotatable bonds is 5. The van der Waals surface area contributed by atoms with Gasteiger partial charge in [-0.25, -0.2) is 0 Å². The van der Waals surface area contributed by atoms with Crippen LogP contribution in [0.3, 0.4) is 0 Å². The van der Waals surface area contributed by atoms with Crippen LogP contribution in [0.25, 0.3) is 0 Å². The summed E-state index contributed by atoms with van der Waals surface area (Å²) in [6.07, 6.45) is 0.935. The molecule has 18 heavy (non-hydrogen) atoms. The van der Waals surface area contributed by atoms with E-state index >= 15 is 0 Å². The molecule has 0 fully saturated rings. The summed E-state index contributed by atoms with van der Waals surface area (Å²) >= 11 is 0. The van der Waals surface area contributed by atoms with Crippen LogP contribution in [0.1, 0.15) is 44.5 Å². The zero-order valence-electron chi connectivity index (χ0n) is 12.1. The Hall–Kier alpha value is -1.51. The van der Waals surface area contributed by atoms with Crippen molar-refractivity contribution in [2.45, 2.75) is 39.7 Å². The van der Waals surface area contributed by atoms with Crippen molar-refractivity contribution in [3.05, 3.63) is 29.8 Å². The Morgan fingerprint density at radius 3 is 2.22 bits per heavy atom. The number of hydrogen-bond acceptors (Lipinski definition) is 2. The van der Waals surface area contributed by atoms with Crippen LogP contribution in [0.15, 0.2) is 24.3 Å². The van der Waals surface area contributed by atoms with Crippen LogP contribution in [0.5, 0.6) is 0 Å². The van der Waals surface area contributed by atoms with Gasteiger partial charge in [-0.15, -0.1) is 0 Å². The molecule has 0 aliphatic carbocycles. The molecule has 3 heteroatoms. The Morgan fingerprint density at radius 2 is 1.78 bits per heavy atom. The van der Waals surface area contributed by atoms with Gasteiger partial charge in [-0.2, -0.15) is 0 Å². The van der Waals surface area contributed by atoms with Gasteiger partial charge in [-0.1, -0.05) is 6.92 Å². The number of nitrogens with zero attached hydrogens (tertiary/aromatic N) is 1. The van der Waals surface area contributed by atoms with Crippen LogP contribution in [-0.2, 0) is 0 Å². The molecule has 1 N–H and O–H groups in total. The second kappa shape index (κ2) is 5.89. The summed E-state index contributed by atoms with van der Waals surface area (Å²) in [6, 6.07) is 7.65. The Bertz CT molecular complexity index is 395. The van der Waals surface area contributed by atoms with E-state index in [9.17, 15) is 4.79 Å². The third kappa shape index (κ3) is 3.25. The van der Waals surface area contributed by atoms with Crippen molar-refractivity contribution in [2.24, 2.45) is 0 Å². The van der Waals surface area contributed by atoms with Crippen molar-refractivity contribution in [1.82, 2.24) is 4.90 Å². The second-order valence-corrected chi connectivity index (χ2v) is 5.14. The summed E-state index contributed by atoms with van der Waals surface area (Å²) in [5.41, 5.74) is 1.67. The monoisotopic (exact) mass is 248 g/mol. The fraction of sp³-hybridized carbons (Fsp3) is 0.533. The maximum absolute atomic E-state index is 12.3. The van der Waals surface area contributed by atoms with Crippen molar-refractivity contribution in [2.75, 3.05) is 18.9 Å². The molecular formula is C15H24N2O. The number of amides is 1. The highest BCUT2D eigenvalue weighted by atomic mass is 16.2. The molecule has 0 aliphatic heterocycles. The van der Waals surface area contributed by atoms with Crippen LogP contribution in [-0.4, -0.2) is 29.9 Å². The van der Waals surface area contributed by atoms with Crippen molar-refractivity contribution in [3.63, 3.8) is 0 Å². The molecule has 0 aliphatic rings. The van der Waals surface area contributed by atoms with Crippen LogP contribution in [0, 0.1) is 0 Å². The summed E-state index contributed by atoms with van der Waals surface area (Å²) in [5.74, 6) is 0.0740. The summed E-state index contributed by atoms with van der Waals surface area (Å²) < 4.78 is 0. The number of hydrogen-bond donors (Lipinski definition) is 1. The molecule has 0 spiro atoms. The van der Waals surface area contributed by atoms with Gasteiger partial charge in [0.2, 0.25) is 0 Å². The average molecular weight is 248 g/mol. The zero-order chi connectivity index (χ0) is 13.8. The molecular weight excluding hydrogens is 224 g/mol. The van der Waals surface area contributed by atoms with E-state index in [1.54, 1.807) is 0 Å². The predicted molar refractivity (Wildman–Crippen MR) is 77.1 cm³/mol. The Balaban J connectivity index is 2.84. The maximum atomic E-state index is 12.3. The highest BCUT2D eigenvalue weighted by molar-refractivity contribution is 5.94. The van der Waals surface area contributed by atoms with Gasteiger partial charge >= 0.3 is 0 Å². The van der Waals surface area contributed by atoms with Crippen molar-refractivity contribution >= 4 is 11.6 Å². The lowest BCUT2D eigenvalue weighted by Crippen LogP contribution is -2.44. The van der Waals surface area contributed by atoms with Crippen molar-refractivity contribution < 1.29 is 4.79 Å². The molecule has 0 radical (unpaired) electrons. The third-order valence-corrected chi connectivity index (χ3v) is 3.59. The number of carbonyl (C=O) groups is 1. The Labute approximate surface area is 110 Å². The van der Waals surface area contributed by atoms with Gasteiger partial charge in [0, 0.05) is 30.4 Å². The van der Waals surface area contributed by atoms with E-state index in [1.165, 1.54) is 0 Å². The van der Waals surface area contributed by atoms with Gasteiger partial charge in [-0.3, -0.25) is 4.79 Å². The molecule has 0 atom stereocenters. The van der Waals surface area contributed by atoms with Gasteiger partial charge in [-0.05, 0) is 51.5 Å². The molecule has 100 valence electrons. The molecule has 1 rings (SSSR count). The molecule has 0 bridgehead atoms. The van der Waals surface area contributed by atoms with E-state index in [4.69, 9.17) is 0 Å². The first kappa shape index (κ1) is 14.6. The molecule has 1 amide bonds. The first-order valence-corrected chi connectivity index (χ1v) is 6.54. The topological polar surface area (TPSA) is 32.3 Å². The minimum atomic E-state index is -0.114. The molecule has 0 aromatic heterocycles. The average Bonchev–Trinajstić information content (AvgIpc) is 2.38. The van der Waals surface area contributed by atoms with Gasteiger partial charge < -0.3 is 10.2 Å². The molecule has 0 heterocycles. The van der Waals surface area contributed by atoms with Gasteiger partial charge in [0.25, 0.3) is 5.91 Å². The van der Waals surface area contributed by atoms with E-state index in [2.05, 4.69) is 33.0 Å². The quantitative estimate of drug-likeness (QED) is 0.866. The Kier molecular flexibility index (Phi) is 4.76. The first-order chi connectivity index (χ1) is 8.42. The molecule has 1 aromatic rings. The number of benzene rings is 1. The molecule has 0 saturated carbocycles. The summed E-state index contributed by atoms with van der Waals surface area (Å²) in [5, 5.41) is 3.22. The second-order valence-electron chi connectivity index (χ2n) is 5.14. The van der Waals surface area contributed by atoms with E-state index < -0.39 is 0 Å². The predicted octanol–water partition coefficient (Wildman–Crippen LogP) is 3.38. The van der Waals surface area contributed by atoms with Crippen molar-refractivity contribution in [3.8, 4) is 0 Å². The minimum Gasteiger partial charge on any atom is -0.385 e. The van der Waals surface area contributed by atoms with E-state index in [1.807, 2.05) is 36.2 Å². The fourth-order valence-corrected chi connectivity index (χ4v) is 1.64. The largest absolute Gasteiger partial charge is 0.385 e. The van der Waals surface area contributed by atoms with Gasteiger partial charge in [0.05, 0.1) is 0 Å². The van der Waals surface area contributed by atoms with E-state index in [0.29, 0.717) is 0 Å². The highest BCUT2D eigenvalue weighted by Crippen LogP contribution is 2.20. The molecule has 1 aromatic carbocycles. The zero-order valence-corrected chi connectivity index (χ0v) is 12.1. The molecule has 3 nitrogen and oxygen atoms in total. The summed E-state index contributed by atoms with van der Waals surface area (Å²) in [4.78, 5) is 14.1. The standard InChI is InChI=1S/C15H24N2O/c1-6-15(3,4)17(5)14(18)12-8-10-13(11-9-12)16-7-2/h8-11,16H,6-7H2,1-5H3. The smallest absolute Gasteiger partial charge is 0.254 e. The lowest BCUT2D eigenvalue weighted by atomic mass is 9.99.